The summed E-state index contributed by atoms with van der Waals surface area (Å²) >= 11 is 0. The highest BCUT2D eigenvalue weighted by Crippen LogP contribution is 2.31. The molecule has 1 heterocycles. The first-order valence-corrected chi connectivity index (χ1v) is 8.50. The maximum Gasteiger partial charge on any atom is 0.326 e. The molecular formula is C19H25NO6. The van der Waals surface area contributed by atoms with Crippen molar-refractivity contribution in [2.75, 3.05) is 6.54 Å². The molecule has 1 aromatic rings. The third-order valence-corrected chi connectivity index (χ3v) is 4.33. The maximum atomic E-state index is 12.8. The number of carboxylic acids is 1. The number of aliphatic hydroxyl groups is 1. The van der Waals surface area contributed by atoms with Crippen molar-refractivity contribution in [3.63, 3.8) is 0 Å². The summed E-state index contributed by atoms with van der Waals surface area (Å²) in [5, 5.41) is 20.0. The van der Waals surface area contributed by atoms with Gasteiger partial charge in [0.15, 0.2) is 0 Å². The third kappa shape index (κ3) is 4.40. The van der Waals surface area contributed by atoms with Crippen molar-refractivity contribution in [1.29, 1.82) is 0 Å². The van der Waals surface area contributed by atoms with Crippen LogP contribution in [0.15, 0.2) is 24.3 Å². The summed E-state index contributed by atoms with van der Waals surface area (Å²) in [6, 6.07) is 5.56. The Labute approximate surface area is 152 Å². The van der Waals surface area contributed by atoms with E-state index in [4.69, 9.17) is 4.74 Å². The lowest BCUT2D eigenvalue weighted by Crippen LogP contribution is -2.44. The van der Waals surface area contributed by atoms with Crippen LogP contribution < -0.4 is 0 Å². The van der Waals surface area contributed by atoms with E-state index < -0.39 is 41.5 Å². The summed E-state index contributed by atoms with van der Waals surface area (Å²) in [6.45, 7) is 6.74. The van der Waals surface area contributed by atoms with Crippen molar-refractivity contribution < 1.29 is 29.3 Å². The zero-order valence-corrected chi connectivity index (χ0v) is 15.4. The number of nitrogens with zero attached hydrogens (tertiary/aromatic N) is 1. The molecule has 1 fully saturated rings. The summed E-state index contributed by atoms with van der Waals surface area (Å²) in [6.07, 6.45) is -1.39. The van der Waals surface area contributed by atoms with E-state index in [9.17, 15) is 24.6 Å². The van der Waals surface area contributed by atoms with Crippen LogP contribution in [0.4, 0.5) is 0 Å². The van der Waals surface area contributed by atoms with Crippen LogP contribution in [0.3, 0.4) is 0 Å². The van der Waals surface area contributed by atoms with Gasteiger partial charge in [-0.25, -0.2) is 4.79 Å². The minimum absolute atomic E-state index is 0.141. The van der Waals surface area contributed by atoms with Gasteiger partial charge < -0.3 is 19.8 Å². The van der Waals surface area contributed by atoms with E-state index >= 15 is 0 Å². The summed E-state index contributed by atoms with van der Waals surface area (Å²) in [5.74, 6) is -3.24. The smallest absolute Gasteiger partial charge is 0.326 e. The van der Waals surface area contributed by atoms with Gasteiger partial charge in [-0.2, -0.15) is 0 Å². The molecule has 0 radical (unpaired) electrons. The van der Waals surface area contributed by atoms with Crippen LogP contribution in [0.1, 0.15) is 43.1 Å². The molecule has 1 saturated heterocycles. The van der Waals surface area contributed by atoms with Crippen molar-refractivity contribution in [1.82, 2.24) is 4.90 Å². The van der Waals surface area contributed by atoms with Gasteiger partial charge in [0.2, 0.25) is 0 Å². The Kier molecular flexibility index (Phi) is 5.71. The average molecular weight is 363 g/mol. The zero-order valence-electron chi connectivity index (χ0n) is 15.4. The topological polar surface area (TPSA) is 104 Å². The zero-order chi connectivity index (χ0) is 19.6. The quantitative estimate of drug-likeness (QED) is 0.788. The molecule has 0 aromatic heterocycles. The van der Waals surface area contributed by atoms with Crippen LogP contribution in [-0.2, 0) is 14.3 Å². The van der Waals surface area contributed by atoms with Crippen LogP contribution in [0, 0.1) is 12.8 Å². The number of benzene rings is 1. The SMILES string of the molecule is Cc1ccccc1C(=O)N1C[C@H](O)[C@H](CC(=O)OC(C)(C)C)[C@H]1C(=O)O. The molecule has 7 nitrogen and oxygen atoms in total. The Bertz CT molecular complexity index is 708. The van der Waals surface area contributed by atoms with E-state index in [1.807, 2.05) is 0 Å². The first-order chi connectivity index (χ1) is 12.0. The Morgan fingerprint density at radius 3 is 2.38 bits per heavy atom. The van der Waals surface area contributed by atoms with Gasteiger partial charge in [-0.3, -0.25) is 9.59 Å². The first kappa shape index (κ1) is 19.9. The number of rotatable bonds is 4. The number of likely N-dealkylation sites (tertiary alicyclic amines) is 1. The van der Waals surface area contributed by atoms with Gasteiger partial charge in [-0.05, 0) is 39.3 Å². The van der Waals surface area contributed by atoms with Crippen LogP contribution in [0.5, 0.6) is 0 Å². The molecule has 142 valence electrons. The largest absolute Gasteiger partial charge is 0.480 e. The predicted octanol–water partition coefficient (Wildman–Crippen LogP) is 1.61. The number of amides is 1. The number of aliphatic carboxylic acids is 1. The lowest BCUT2D eigenvalue weighted by atomic mass is 9.94. The molecule has 1 amide bonds. The van der Waals surface area contributed by atoms with Gasteiger partial charge in [0.1, 0.15) is 11.6 Å². The predicted molar refractivity (Wildman–Crippen MR) is 93.6 cm³/mol. The number of aliphatic hydroxyl groups excluding tert-OH is 1. The number of carbonyl (C=O) groups excluding carboxylic acids is 2. The number of aryl methyl sites for hydroxylation is 1. The van der Waals surface area contributed by atoms with Crippen molar-refractivity contribution >= 4 is 17.8 Å². The first-order valence-electron chi connectivity index (χ1n) is 8.50. The lowest BCUT2D eigenvalue weighted by Gasteiger charge is -2.26. The van der Waals surface area contributed by atoms with Crippen LogP contribution >= 0.6 is 0 Å². The highest BCUT2D eigenvalue weighted by atomic mass is 16.6. The van der Waals surface area contributed by atoms with Gasteiger partial charge >= 0.3 is 11.9 Å². The van der Waals surface area contributed by atoms with Gasteiger partial charge in [0.25, 0.3) is 5.91 Å². The third-order valence-electron chi connectivity index (χ3n) is 4.33. The van der Waals surface area contributed by atoms with E-state index in [2.05, 4.69) is 0 Å². The fourth-order valence-electron chi connectivity index (χ4n) is 3.21. The number of β-amino-alcohol motifs (C(OH)–C–C–N with tert-alkyl or cyclic N) is 1. The van der Waals surface area contributed by atoms with Gasteiger partial charge in [0.05, 0.1) is 12.5 Å². The van der Waals surface area contributed by atoms with E-state index in [0.717, 1.165) is 4.90 Å². The molecule has 0 spiro atoms. The second kappa shape index (κ2) is 7.45. The minimum Gasteiger partial charge on any atom is -0.480 e. The molecule has 0 bridgehead atoms. The highest BCUT2D eigenvalue weighted by Gasteiger charge is 2.48. The number of hydrogen-bond donors (Lipinski definition) is 2. The number of ether oxygens (including phenoxy) is 1. The van der Waals surface area contributed by atoms with Crippen LogP contribution in [0.2, 0.25) is 0 Å². The average Bonchev–Trinajstić information content (AvgIpc) is 2.82. The van der Waals surface area contributed by atoms with Crippen LogP contribution in [0.25, 0.3) is 0 Å². The Hall–Kier alpha value is -2.41. The summed E-state index contributed by atoms with van der Waals surface area (Å²) in [4.78, 5) is 37.9. The number of hydrogen-bond acceptors (Lipinski definition) is 5. The van der Waals surface area contributed by atoms with Gasteiger partial charge in [-0.15, -0.1) is 0 Å². The molecule has 7 heteroatoms. The Morgan fingerprint density at radius 1 is 1.23 bits per heavy atom. The van der Waals surface area contributed by atoms with E-state index in [1.165, 1.54) is 0 Å². The van der Waals surface area contributed by atoms with Gasteiger partial charge in [-0.1, -0.05) is 18.2 Å². The fraction of sp³-hybridized carbons (Fsp3) is 0.526. The summed E-state index contributed by atoms with van der Waals surface area (Å²) in [5.41, 5.74) is 0.381. The van der Waals surface area contributed by atoms with E-state index in [1.54, 1.807) is 52.0 Å². The fourth-order valence-corrected chi connectivity index (χ4v) is 3.21. The molecule has 26 heavy (non-hydrogen) atoms. The normalized spacial score (nSPS) is 23.0. The van der Waals surface area contributed by atoms with Crippen molar-refractivity contribution in [2.24, 2.45) is 5.92 Å². The molecule has 2 rings (SSSR count). The second-order valence-corrected chi connectivity index (χ2v) is 7.58. The van der Waals surface area contributed by atoms with Crippen molar-refractivity contribution in [2.45, 2.75) is 51.9 Å². The second-order valence-electron chi connectivity index (χ2n) is 7.58. The number of esters is 1. The van der Waals surface area contributed by atoms with Crippen LogP contribution in [-0.4, -0.2) is 57.3 Å². The standard InChI is InChI=1S/C19H25NO6/c1-11-7-5-6-8-12(11)17(23)20-10-14(21)13(16(20)18(24)25)9-15(22)26-19(2,3)4/h5-8,13-14,16,21H,9-10H2,1-4H3,(H,24,25)/t13-,14-,16-/m0/s1. The summed E-state index contributed by atoms with van der Waals surface area (Å²) < 4.78 is 5.23. The minimum atomic E-state index is -1.29. The Morgan fingerprint density at radius 2 is 1.85 bits per heavy atom. The van der Waals surface area contributed by atoms with E-state index in [0.29, 0.717) is 11.1 Å². The van der Waals surface area contributed by atoms with Crippen molar-refractivity contribution in [3.8, 4) is 0 Å². The molecule has 0 saturated carbocycles. The highest BCUT2D eigenvalue weighted by molar-refractivity contribution is 5.98. The molecule has 1 aromatic carbocycles. The molecule has 0 aliphatic carbocycles. The Balaban J connectivity index is 2.25. The summed E-state index contributed by atoms with van der Waals surface area (Å²) in [7, 11) is 0. The number of carboxylic acid groups (broad SMARTS) is 1. The lowest BCUT2D eigenvalue weighted by molar-refractivity contribution is -0.157. The maximum absolute atomic E-state index is 12.8. The van der Waals surface area contributed by atoms with Crippen molar-refractivity contribution in [3.05, 3.63) is 35.4 Å². The molecule has 3 atom stereocenters. The molecular weight excluding hydrogens is 338 g/mol. The number of carbonyl (C=O) groups is 3. The molecule has 1 aliphatic heterocycles. The molecule has 2 N–H and O–H groups in total. The molecule has 1 aliphatic rings. The molecule has 0 unspecified atom stereocenters. The van der Waals surface area contributed by atoms with Gasteiger partial charge in [0, 0.05) is 18.0 Å². The van der Waals surface area contributed by atoms with E-state index in [-0.39, 0.29) is 13.0 Å². The monoisotopic (exact) mass is 363 g/mol.